The SMILES string of the molecule is CCC1CCCC(Nc2ccc(C#N)c(N)c2)C1. The first kappa shape index (κ1) is 12.8. The van der Waals surface area contributed by atoms with E-state index in [2.05, 4.69) is 18.3 Å². The van der Waals surface area contributed by atoms with Gasteiger partial charge in [-0.25, -0.2) is 0 Å². The van der Waals surface area contributed by atoms with Crippen LogP contribution in [0.5, 0.6) is 0 Å². The molecule has 96 valence electrons. The molecule has 0 amide bonds. The number of hydrogen-bond donors (Lipinski definition) is 2. The van der Waals surface area contributed by atoms with Gasteiger partial charge < -0.3 is 11.1 Å². The number of hydrogen-bond acceptors (Lipinski definition) is 3. The van der Waals surface area contributed by atoms with Gasteiger partial charge in [0.25, 0.3) is 0 Å². The molecule has 0 saturated heterocycles. The highest BCUT2D eigenvalue weighted by Gasteiger charge is 2.20. The molecule has 1 aliphatic rings. The van der Waals surface area contributed by atoms with Gasteiger partial charge in [0.1, 0.15) is 6.07 Å². The van der Waals surface area contributed by atoms with E-state index in [-0.39, 0.29) is 0 Å². The van der Waals surface area contributed by atoms with Crippen LogP contribution < -0.4 is 11.1 Å². The molecule has 0 aromatic heterocycles. The molecule has 2 unspecified atom stereocenters. The molecule has 1 saturated carbocycles. The fraction of sp³-hybridized carbons (Fsp3) is 0.533. The lowest BCUT2D eigenvalue weighted by Crippen LogP contribution is -2.27. The number of rotatable bonds is 3. The lowest BCUT2D eigenvalue weighted by Gasteiger charge is -2.30. The van der Waals surface area contributed by atoms with Gasteiger partial charge in [-0.15, -0.1) is 0 Å². The van der Waals surface area contributed by atoms with Crippen LogP contribution in [-0.4, -0.2) is 6.04 Å². The van der Waals surface area contributed by atoms with Gasteiger partial charge in [0, 0.05) is 11.7 Å². The summed E-state index contributed by atoms with van der Waals surface area (Å²) in [6, 6.07) is 8.25. The van der Waals surface area contributed by atoms with Crippen molar-refractivity contribution in [2.24, 2.45) is 5.92 Å². The minimum atomic E-state index is 0.552. The Morgan fingerprint density at radius 1 is 1.44 bits per heavy atom. The number of benzene rings is 1. The molecule has 0 radical (unpaired) electrons. The van der Waals surface area contributed by atoms with E-state index in [1.807, 2.05) is 12.1 Å². The summed E-state index contributed by atoms with van der Waals surface area (Å²) in [5, 5.41) is 12.4. The van der Waals surface area contributed by atoms with Crippen molar-refractivity contribution < 1.29 is 0 Å². The molecule has 0 bridgehead atoms. The highest BCUT2D eigenvalue weighted by molar-refractivity contribution is 5.62. The first-order chi connectivity index (χ1) is 8.72. The van der Waals surface area contributed by atoms with Gasteiger partial charge in [0.2, 0.25) is 0 Å². The highest BCUT2D eigenvalue weighted by atomic mass is 14.9. The van der Waals surface area contributed by atoms with Gasteiger partial charge in [0.15, 0.2) is 0 Å². The summed E-state index contributed by atoms with van der Waals surface area (Å²) in [7, 11) is 0. The Kier molecular flexibility index (Phi) is 4.09. The smallest absolute Gasteiger partial charge is 0.101 e. The Bertz CT molecular complexity index is 448. The van der Waals surface area contributed by atoms with Gasteiger partial charge >= 0.3 is 0 Å². The normalized spacial score (nSPS) is 23.3. The highest BCUT2D eigenvalue weighted by Crippen LogP contribution is 2.29. The quantitative estimate of drug-likeness (QED) is 0.798. The number of nitrogens with zero attached hydrogens (tertiary/aromatic N) is 1. The van der Waals surface area contributed by atoms with E-state index in [1.54, 1.807) is 6.07 Å². The fourth-order valence-electron chi connectivity index (χ4n) is 2.78. The Balaban J connectivity index is 2.01. The van der Waals surface area contributed by atoms with Crippen LogP contribution in [0.1, 0.15) is 44.6 Å². The van der Waals surface area contributed by atoms with Crippen molar-refractivity contribution in [3.05, 3.63) is 23.8 Å². The van der Waals surface area contributed by atoms with Crippen LogP contribution in [0.25, 0.3) is 0 Å². The Hall–Kier alpha value is -1.69. The van der Waals surface area contributed by atoms with E-state index in [0.717, 1.165) is 11.6 Å². The molecule has 3 heteroatoms. The van der Waals surface area contributed by atoms with Crippen LogP contribution in [0.2, 0.25) is 0 Å². The second-order valence-corrected chi connectivity index (χ2v) is 5.20. The van der Waals surface area contributed by atoms with Crippen molar-refractivity contribution in [1.82, 2.24) is 0 Å². The lowest BCUT2D eigenvalue weighted by molar-refractivity contribution is 0.327. The van der Waals surface area contributed by atoms with Crippen LogP contribution in [0.4, 0.5) is 11.4 Å². The van der Waals surface area contributed by atoms with Gasteiger partial charge in [0.05, 0.1) is 11.3 Å². The second-order valence-electron chi connectivity index (χ2n) is 5.20. The van der Waals surface area contributed by atoms with E-state index in [4.69, 9.17) is 11.0 Å². The molecule has 1 aromatic carbocycles. The zero-order chi connectivity index (χ0) is 13.0. The molecule has 2 atom stereocenters. The largest absolute Gasteiger partial charge is 0.398 e. The van der Waals surface area contributed by atoms with Crippen molar-refractivity contribution in [3.63, 3.8) is 0 Å². The summed E-state index contributed by atoms with van der Waals surface area (Å²) >= 11 is 0. The summed E-state index contributed by atoms with van der Waals surface area (Å²) in [6.07, 6.45) is 6.42. The first-order valence-electron chi connectivity index (χ1n) is 6.79. The molecule has 3 nitrogen and oxygen atoms in total. The van der Waals surface area contributed by atoms with E-state index in [9.17, 15) is 0 Å². The summed E-state index contributed by atoms with van der Waals surface area (Å²) in [5.41, 5.74) is 7.98. The van der Waals surface area contributed by atoms with Crippen molar-refractivity contribution in [2.45, 2.75) is 45.1 Å². The van der Waals surface area contributed by atoms with Gasteiger partial charge in [-0.1, -0.05) is 26.2 Å². The summed E-state index contributed by atoms with van der Waals surface area (Å²) in [5.74, 6) is 0.854. The molecule has 0 aliphatic heterocycles. The Morgan fingerprint density at radius 3 is 2.94 bits per heavy atom. The molecule has 2 rings (SSSR count). The zero-order valence-electron chi connectivity index (χ0n) is 10.9. The topological polar surface area (TPSA) is 61.8 Å². The third kappa shape index (κ3) is 2.95. The summed E-state index contributed by atoms with van der Waals surface area (Å²) in [6.45, 7) is 2.27. The first-order valence-corrected chi connectivity index (χ1v) is 6.79. The van der Waals surface area contributed by atoms with Crippen LogP contribution in [0, 0.1) is 17.2 Å². The fourth-order valence-corrected chi connectivity index (χ4v) is 2.78. The molecular formula is C15H21N3. The van der Waals surface area contributed by atoms with Crippen LogP contribution in [0.3, 0.4) is 0 Å². The number of anilines is 2. The standard InChI is InChI=1S/C15H21N3/c1-2-11-4-3-5-13(8-11)18-14-7-6-12(10-16)15(17)9-14/h6-7,9,11,13,18H,2-5,8,17H2,1H3. The number of nitrogens with one attached hydrogen (secondary N) is 1. The molecule has 1 aliphatic carbocycles. The average Bonchev–Trinajstić information content (AvgIpc) is 2.39. The van der Waals surface area contributed by atoms with E-state index in [1.165, 1.54) is 32.1 Å². The van der Waals surface area contributed by atoms with Crippen LogP contribution >= 0.6 is 0 Å². The molecule has 0 heterocycles. The van der Waals surface area contributed by atoms with Gasteiger partial charge in [-0.05, 0) is 37.0 Å². The maximum Gasteiger partial charge on any atom is 0.101 e. The summed E-state index contributed by atoms with van der Waals surface area (Å²) < 4.78 is 0. The van der Waals surface area contributed by atoms with E-state index >= 15 is 0 Å². The van der Waals surface area contributed by atoms with Crippen molar-refractivity contribution in [3.8, 4) is 6.07 Å². The number of nitrogens with two attached hydrogens (primary N) is 1. The van der Waals surface area contributed by atoms with Gasteiger partial charge in [-0.2, -0.15) is 5.26 Å². The minimum absolute atomic E-state index is 0.552. The second kappa shape index (κ2) is 5.77. The van der Waals surface area contributed by atoms with Crippen LogP contribution in [-0.2, 0) is 0 Å². The minimum Gasteiger partial charge on any atom is -0.398 e. The zero-order valence-corrected chi connectivity index (χ0v) is 10.9. The van der Waals surface area contributed by atoms with Crippen LogP contribution in [0.15, 0.2) is 18.2 Å². The van der Waals surface area contributed by atoms with Crippen molar-refractivity contribution in [2.75, 3.05) is 11.1 Å². The Labute approximate surface area is 109 Å². The lowest BCUT2D eigenvalue weighted by atomic mass is 9.84. The maximum absolute atomic E-state index is 8.85. The Morgan fingerprint density at radius 2 is 2.28 bits per heavy atom. The van der Waals surface area contributed by atoms with Crippen molar-refractivity contribution >= 4 is 11.4 Å². The predicted octanol–water partition coefficient (Wildman–Crippen LogP) is 3.52. The van der Waals surface area contributed by atoms with E-state index in [0.29, 0.717) is 17.3 Å². The predicted molar refractivity (Wildman–Crippen MR) is 75.2 cm³/mol. The summed E-state index contributed by atoms with van der Waals surface area (Å²) in [4.78, 5) is 0. The molecule has 1 fully saturated rings. The monoisotopic (exact) mass is 243 g/mol. The molecule has 3 N–H and O–H groups in total. The van der Waals surface area contributed by atoms with Gasteiger partial charge in [-0.3, -0.25) is 0 Å². The third-order valence-corrected chi connectivity index (χ3v) is 3.90. The van der Waals surface area contributed by atoms with Crippen molar-refractivity contribution in [1.29, 1.82) is 5.26 Å². The molecule has 18 heavy (non-hydrogen) atoms. The molecular weight excluding hydrogens is 222 g/mol. The third-order valence-electron chi connectivity index (χ3n) is 3.90. The molecule has 1 aromatic rings. The van der Waals surface area contributed by atoms with E-state index < -0.39 is 0 Å². The maximum atomic E-state index is 8.85. The molecule has 0 spiro atoms. The number of nitrogen functional groups attached to an aromatic ring is 1. The number of nitriles is 1. The average molecular weight is 243 g/mol.